The predicted octanol–water partition coefficient (Wildman–Crippen LogP) is 9.14. The molecular weight excluding hydrogens is 1020 g/mol. The van der Waals surface area contributed by atoms with Crippen molar-refractivity contribution in [2.75, 3.05) is 26.4 Å². The SMILES string of the molecule is CC(C)(C)[Si]1(C(C)(C)C)OC[C@H]2O[C@H](OC[C@H](NC(=O)OCc3ccccc3)C(=O)Oc3c(F)c(F)c(F)c(F)c3F)[C@H](NC(=O)OCC(Cl)(Cl)Cl)[C@@H](OC(=O)OCC(Cl)(Cl)Cl)[C@H]2O1. The molecule has 0 unspecified atom stereocenters. The highest BCUT2D eigenvalue weighted by molar-refractivity contribution is 6.73. The van der Waals surface area contributed by atoms with Crippen LogP contribution in [0.3, 0.4) is 0 Å². The number of hydrogen-bond acceptors (Lipinski definition) is 13. The van der Waals surface area contributed by atoms with Gasteiger partial charge in [-0.1, -0.05) is 141 Å². The van der Waals surface area contributed by atoms with E-state index in [1.165, 1.54) is 0 Å². The molecule has 15 nitrogen and oxygen atoms in total. The number of alkyl halides is 6. The van der Waals surface area contributed by atoms with Gasteiger partial charge < -0.3 is 52.6 Å². The number of esters is 1. The zero-order chi connectivity index (χ0) is 48.2. The fraction of sp³-hybridized carbons (Fsp3) is 0.568. The van der Waals surface area contributed by atoms with Gasteiger partial charge >= 0.3 is 32.9 Å². The number of rotatable bonds is 12. The third-order valence-electron chi connectivity index (χ3n) is 9.20. The Morgan fingerprint density at radius 1 is 0.781 bits per heavy atom. The highest BCUT2D eigenvalue weighted by atomic mass is 35.6. The van der Waals surface area contributed by atoms with Gasteiger partial charge in [0, 0.05) is 10.1 Å². The number of alkyl carbamates (subject to hydrolysis) is 2. The molecule has 6 atom stereocenters. The van der Waals surface area contributed by atoms with Gasteiger partial charge in [-0.2, -0.15) is 8.78 Å². The molecule has 2 fully saturated rings. The number of carbonyl (C=O) groups is 4. The molecule has 2 aromatic carbocycles. The number of nitrogens with one attached hydrogen (secondary N) is 2. The van der Waals surface area contributed by atoms with Gasteiger partial charge in [0.25, 0.3) is 0 Å². The van der Waals surface area contributed by atoms with Crippen LogP contribution in [0.1, 0.15) is 47.1 Å². The Morgan fingerprint density at radius 2 is 1.33 bits per heavy atom. The third kappa shape index (κ3) is 13.9. The van der Waals surface area contributed by atoms with Crippen LogP contribution in [0.2, 0.25) is 10.1 Å². The molecule has 0 spiro atoms. The number of benzene rings is 2. The molecule has 0 aromatic heterocycles. The molecule has 27 heteroatoms. The lowest BCUT2D eigenvalue weighted by molar-refractivity contribution is -0.281. The topological polar surface area (TPSA) is 175 Å². The minimum atomic E-state index is -3.50. The summed E-state index contributed by atoms with van der Waals surface area (Å²) < 4.78 is 118. The van der Waals surface area contributed by atoms with E-state index >= 15 is 0 Å². The normalized spacial score (nSPS) is 21.7. The van der Waals surface area contributed by atoms with Crippen LogP contribution in [0, 0.1) is 29.1 Å². The molecular formula is C37H41Cl6F5N2O13Si. The zero-order valence-corrected chi connectivity index (χ0v) is 39.9. The minimum absolute atomic E-state index is 0.269. The first-order valence-electron chi connectivity index (χ1n) is 18.6. The van der Waals surface area contributed by atoms with Crippen molar-refractivity contribution < 1.29 is 83.1 Å². The maximum atomic E-state index is 14.7. The standard InChI is InChI=1S/C37H41Cl6F5N2O13Si/c1-34(2,3)64(35(4,5)6)59-14-19-26(63-64)28(62-33(54)58-16-37(41,42)43)25(50-32(53)57-15-36(38,39)40)30(60-19)55-13-18(49-31(52)56-12-17-10-8-7-9-11-17)29(51)61-27-23(47)21(45)20(44)22(46)24(27)48/h7-11,18-19,25-26,28,30H,12-16H2,1-6H3,(H,49,52)(H,50,53)/t18-,19+,25+,26-,28+,30-/m0/s1. The molecule has 358 valence electrons. The Balaban J connectivity index is 1.76. The van der Waals surface area contributed by atoms with E-state index in [1.807, 2.05) is 46.9 Å². The van der Waals surface area contributed by atoms with E-state index in [0.29, 0.717) is 5.56 Å². The maximum Gasteiger partial charge on any atom is 0.508 e. The second-order valence-corrected chi connectivity index (χ2v) is 25.9. The quantitative estimate of drug-likeness (QED) is 0.0301. The van der Waals surface area contributed by atoms with Crippen molar-refractivity contribution in [1.82, 2.24) is 10.6 Å². The van der Waals surface area contributed by atoms with Crippen molar-refractivity contribution in [1.29, 1.82) is 0 Å². The Kier molecular flexibility index (Phi) is 18.0. The summed E-state index contributed by atoms with van der Waals surface area (Å²) >= 11 is 34.7. The highest BCUT2D eigenvalue weighted by Gasteiger charge is 2.65. The summed E-state index contributed by atoms with van der Waals surface area (Å²) in [4.78, 5) is 53.2. The number of ether oxygens (including phenoxy) is 7. The van der Waals surface area contributed by atoms with Gasteiger partial charge in [-0.15, -0.1) is 0 Å². The first-order valence-corrected chi connectivity index (χ1v) is 22.7. The molecule has 2 aliphatic rings. The molecule has 4 rings (SSSR count). The fourth-order valence-corrected chi connectivity index (χ4v) is 12.0. The third-order valence-corrected chi connectivity index (χ3v) is 15.0. The number of amides is 2. The lowest BCUT2D eigenvalue weighted by Gasteiger charge is -2.57. The van der Waals surface area contributed by atoms with E-state index in [1.54, 1.807) is 30.3 Å². The van der Waals surface area contributed by atoms with Crippen LogP contribution in [0.4, 0.5) is 36.3 Å². The van der Waals surface area contributed by atoms with Crippen LogP contribution >= 0.6 is 69.6 Å². The van der Waals surface area contributed by atoms with Crippen molar-refractivity contribution >= 4 is 102 Å². The monoisotopic (exact) mass is 1050 g/mol. The zero-order valence-electron chi connectivity index (χ0n) is 34.4. The van der Waals surface area contributed by atoms with Crippen LogP contribution in [0.5, 0.6) is 5.75 Å². The summed E-state index contributed by atoms with van der Waals surface area (Å²) in [5, 5.41) is 3.00. The van der Waals surface area contributed by atoms with Crippen LogP contribution in [0.15, 0.2) is 30.3 Å². The molecule has 0 radical (unpaired) electrons. The van der Waals surface area contributed by atoms with Gasteiger partial charge in [0.1, 0.15) is 38.1 Å². The van der Waals surface area contributed by atoms with Gasteiger partial charge in [-0.3, -0.25) is 0 Å². The average molecular weight is 1060 g/mol. The van der Waals surface area contributed by atoms with Gasteiger partial charge in [0.05, 0.1) is 13.2 Å². The van der Waals surface area contributed by atoms with Crippen molar-refractivity contribution in [3.05, 3.63) is 65.0 Å². The number of halogens is 11. The molecule has 0 saturated carbocycles. The maximum absolute atomic E-state index is 14.7. The summed E-state index contributed by atoms with van der Waals surface area (Å²) in [5.74, 6) is -16.4. The van der Waals surface area contributed by atoms with E-state index in [0.717, 1.165) is 0 Å². The molecule has 2 N–H and O–H groups in total. The average Bonchev–Trinajstić information content (AvgIpc) is 3.19. The fourth-order valence-electron chi connectivity index (χ4n) is 6.68. The Morgan fingerprint density at radius 3 is 1.88 bits per heavy atom. The van der Waals surface area contributed by atoms with Crippen LogP contribution in [-0.4, -0.2) is 104 Å². The Bertz CT molecular complexity index is 1970. The predicted molar refractivity (Wildman–Crippen MR) is 221 cm³/mol. The number of fused-ring (bicyclic) bond motifs is 1. The first kappa shape index (κ1) is 53.8. The summed E-state index contributed by atoms with van der Waals surface area (Å²) in [6.45, 7) is 7.68. The molecule has 2 saturated heterocycles. The van der Waals surface area contributed by atoms with Crippen molar-refractivity contribution in [2.24, 2.45) is 0 Å². The number of hydrogen-bond donors (Lipinski definition) is 2. The van der Waals surface area contributed by atoms with E-state index in [9.17, 15) is 41.1 Å². The molecule has 2 amide bonds. The molecule has 2 heterocycles. The second-order valence-electron chi connectivity index (χ2n) is 16.1. The summed E-state index contributed by atoms with van der Waals surface area (Å²) in [7, 11) is -3.50. The minimum Gasteiger partial charge on any atom is -0.445 e. The Labute approximate surface area is 394 Å². The van der Waals surface area contributed by atoms with Gasteiger partial charge in [-0.05, 0) is 5.56 Å². The second kappa shape index (κ2) is 21.4. The lowest BCUT2D eigenvalue weighted by atomic mass is 9.96. The smallest absolute Gasteiger partial charge is 0.445 e. The Hall–Kier alpha value is -2.83. The molecule has 0 aliphatic carbocycles. The van der Waals surface area contributed by atoms with Crippen LogP contribution < -0.4 is 15.4 Å². The van der Waals surface area contributed by atoms with Gasteiger partial charge in [0.15, 0.2) is 18.4 Å². The highest BCUT2D eigenvalue weighted by Crippen LogP contribution is 2.55. The van der Waals surface area contributed by atoms with E-state index in [4.69, 9.17) is 107 Å². The molecule has 0 bridgehead atoms. The molecule has 64 heavy (non-hydrogen) atoms. The largest absolute Gasteiger partial charge is 0.508 e. The number of carbonyl (C=O) groups excluding carboxylic acids is 4. The van der Waals surface area contributed by atoms with Crippen molar-refractivity contribution in [3.63, 3.8) is 0 Å². The molecule has 2 aromatic rings. The molecule has 2 aliphatic heterocycles. The summed E-state index contributed by atoms with van der Waals surface area (Å²) in [6.07, 6.45) is -10.4. The van der Waals surface area contributed by atoms with Crippen molar-refractivity contribution in [2.45, 2.75) is 102 Å². The van der Waals surface area contributed by atoms with Gasteiger partial charge in [0.2, 0.25) is 42.4 Å². The van der Waals surface area contributed by atoms with Crippen LogP contribution in [0.25, 0.3) is 0 Å². The van der Waals surface area contributed by atoms with E-state index in [2.05, 4.69) is 10.1 Å². The van der Waals surface area contributed by atoms with Gasteiger partial charge in [-0.25, -0.2) is 32.3 Å². The van der Waals surface area contributed by atoms with E-state index < -0.39 is 142 Å². The van der Waals surface area contributed by atoms with Crippen LogP contribution in [-0.2, 0) is 48.7 Å². The summed E-state index contributed by atoms with van der Waals surface area (Å²) in [5.41, 5.74) is 0.468. The lowest BCUT2D eigenvalue weighted by Crippen LogP contribution is -2.74. The summed E-state index contributed by atoms with van der Waals surface area (Å²) in [6, 6.07) is 4.04. The van der Waals surface area contributed by atoms with E-state index in [-0.39, 0.29) is 13.2 Å². The van der Waals surface area contributed by atoms with Crippen molar-refractivity contribution in [3.8, 4) is 5.75 Å². The first-order chi connectivity index (χ1) is 29.4.